The third-order valence-corrected chi connectivity index (χ3v) is 7.21. The molecule has 0 aliphatic carbocycles. The SMILES string of the molecule is CC(C)S(=O)(=O)N1CCC(NC(=O)N2CCCC[C@@H](C)C2)CC1. The highest BCUT2D eigenvalue weighted by Gasteiger charge is 2.31. The Morgan fingerprint density at radius 2 is 1.74 bits per heavy atom. The van der Waals surface area contributed by atoms with E-state index in [-0.39, 0.29) is 17.3 Å². The Bertz CT molecular complexity index is 499. The molecule has 2 aliphatic heterocycles. The predicted octanol–water partition coefficient (Wildman–Crippen LogP) is 2.02. The molecule has 0 bridgehead atoms. The van der Waals surface area contributed by atoms with Crippen LogP contribution in [-0.4, -0.2) is 61.1 Å². The van der Waals surface area contributed by atoms with Crippen LogP contribution < -0.4 is 5.32 Å². The van der Waals surface area contributed by atoms with E-state index in [0.717, 1.165) is 19.5 Å². The minimum absolute atomic E-state index is 0.0175. The summed E-state index contributed by atoms with van der Waals surface area (Å²) < 4.78 is 25.9. The number of nitrogens with zero attached hydrogens (tertiary/aromatic N) is 2. The number of piperidine rings is 1. The molecule has 2 amide bonds. The molecule has 0 unspecified atom stereocenters. The minimum atomic E-state index is -3.17. The van der Waals surface area contributed by atoms with Crippen molar-refractivity contribution in [2.24, 2.45) is 5.92 Å². The van der Waals surface area contributed by atoms with Crippen LogP contribution in [0.1, 0.15) is 52.9 Å². The summed E-state index contributed by atoms with van der Waals surface area (Å²) in [5.74, 6) is 0.557. The van der Waals surface area contributed by atoms with Gasteiger partial charge in [0.1, 0.15) is 0 Å². The molecule has 0 aromatic rings. The van der Waals surface area contributed by atoms with Crippen molar-refractivity contribution in [1.82, 2.24) is 14.5 Å². The lowest BCUT2D eigenvalue weighted by atomic mass is 10.1. The van der Waals surface area contributed by atoms with Crippen LogP contribution in [0.25, 0.3) is 0 Å². The number of hydrogen-bond donors (Lipinski definition) is 1. The maximum Gasteiger partial charge on any atom is 0.317 e. The molecule has 0 aromatic heterocycles. The van der Waals surface area contributed by atoms with Crippen LogP contribution in [0, 0.1) is 5.92 Å². The van der Waals surface area contributed by atoms with Gasteiger partial charge < -0.3 is 10.2 Å². The van der Waals surface area contributed by atoms with Crippen LogP contribution in [0.3, 0.4) is 0 Å². The fourth-order valence-electron chi connectivity index (χ4n) is 3.36. The molecule has 0 radical (unpaired) electrons. The molecule has 1 atom stereocenters. The molecule has 1 N–H and O–H groups in total. The number of amides is 2. The van der Waals surface area contributed by atoms with E-state index in [2.05, 4.69) is 12.2 Å². The van der Waals surface area contributed by atoms with Gasteiger partial charge in [-0.05, 0) is 45.4 Å². The number of rotatable bonds is 3. The Morgan fingerprint density at radius 1 is 1.09 bits per heavy atom. The molecule has 2 heterocycles. The number of carbonyl (C=O) groups is 1. The topological polar surface area (TPSA) is 69.7 Å². The summed E-state index contributed by atoms with van der Waals surface area (Å²) in [5.41, 5.74) is 0. The van der Waals surface area contributed by atoms with Crippen LogP contribution in [0.2, 0.25) is 0 Å². The maximum atomic E-state index is 12.4. The van der Waals surface area contributed by atoms with Gasteiger partial charge in [-0.2, -0.15) is 0 Å². The van der Waals surface area contributed by atoms with Crippen LogP contribution in [0.5, 0.6) is 0 Å². The van der Waals surface area contributed by atoms with Gasteiger partial charge in [0.15, 0.2) is 0 Å². The average Bonchev–Trinajstić information content (AvgIpc) is 2.72. The van der Waals surface area contributed by atoms with Crippen molar-refractivity contribution in [1.29, 1.82) is 0 Å². The largest absolute Gasteiger partial charge is 0.335 e. The van der Waals surface area contributed by atoms with Crippen LogP contribution >= 0.6 is 0 Å². The van der Waals surface area contributed by atoms with E-state index in [1.165, 1.54) is 12.8 Å². The maximum absolute atomic E-state index is 12.4. The first-order valence-corrected chi connectivity index (χ1v) is 10.4. The van der Waals surface area contributed by atoms with E-state index in [9.17, 15) is 13.2 Å². The lowest BCUT2D eigenvalue weighted by Gasteiger charge is -2.34. The molecular weight excluding hydrogens is 314 g/mol. The number of carbonyl (C=O) groups excluding carboxylic acids is 1. The molecular formula is C16H31N3O3S. The molecule has 0 spiro atoms. The van der Waals surface area contributed by atoms with Gasteiger partial charge in [-0.1, -0.05) is 13.3 Å². The van der Waals surface area contributed by atoms with E-state index in [0.29, 0.717) is 31.8 Å². The van der Waals surface area contributed by atoms with Gasteiger partial charge in [-0.3, -0.25) is 0 Å². The second-order valence-corrected chi connectivity index (χ2v) is 9.75. The first-order chi connectivity index (χ1) is 10.8. The number of sulfonamides is 1. The van der Waals surface area contributed by atoms with Crippen molar-refractivity contribution in [2.45, 2.75) is 64.2 Å². The lowest BCUT2D eigenvalue weighted by molar-refractivity contribution is 0.183. The van der Waals surface area contributed by atoms with E-state index >= 15 is 0 Å². The fraction of sp³-hybridized carbons (Fsp3) is 0.938. The number of nitrogens with one attached hydrogen (secondary N) is 1. The summed E-state index contributed by atoms with van der Waals surface area (Å²) in [6.07, 6.45) is 4.84. The van der Waals surface area contributed by atoms with Crippen molar-refractivity contribution < 1.29 is 13.2 Å². The summed E-state index contributed by atoms with van der Waals surface area (Å²) in [6.45, 7) is 8.28. The Labute approximate surface area is 140 Å². The van der Waals surface area contributed by atoms with Gasteiger partial charge in [0, 0.05) is 32.2 Å². The van der Waals surface area contributed by atoms with Crippen LogP contribution in [0.15, 0.2) is 0 Å². The van der Waals surface area contributed by atoms with E-state index in [1.807, 2.05) is 4.90 Å². The standard InChI is InChI=1S/C16H31N3O3S/c1-13(2)23(21,22)19-10-7-15(8-11-19)17-16(20)18-9-5-4-6-14(3)12-18/h13-15H,4-12H2,1-3H3,(H,17,20)/t14-/m1/s1. The van der Waals surface area contributed by atoms with Gasteiger partial charge in [0.05, 0.1) is 5.25 Å². The number of likely N-dealkylation sites (tertiary alicyclic amines) is 1. The molecule has 2 rings (SSSR count). The molecule has 6 nitrogen and oxygen atoms in total. The summed E-state index contributed by atoms with van der Waals surface area (Å²) in [4.78, 5) is 14.4. The Balaban J connectivity index is 1.83. The Kier molecular flexibility index (Phi) is 6.31. The first kappa shape index (κ1) is 18.5. The number of urea groups is 1. The van der Waals surface area contributed by atoms with Gasteiger partial charge >= 0.3 is 6.03 Å². The van der Waals surface area contributed by atoms with Crippen molar-refractivity contribution in [3.63, 3.8) is 0 Å². The minimum Gasteiger partial charge on any atom is -0.335 e. The molecule has 23 heavy (non-hydrogen) atoms. The molecule has 7 heteroatoms. The van der Waals surface area contributed by atoms with Gasteiger partial charge in [0.2, 0.25) is 10.0 Å². The quantitative estimate of drug-likeness (QED) is 0.851. The highest BCUT2D eigenvalue weighted by molar-refractivity contribution is 7.89. The summed E-state index contributed by atoms with van der Waals surface area (Å²) >= 11 is 0. The predicted molar refractivity (Wildman–Crippen MR) is 91.8 cm³/mol. The molecule has 0 aromatic carbocycles. The third kappa shape index (κ3) is 4.83. The van der Waals surface area contributed by atoms with E-state index in [1.54, 1.807) is 18.2 Å². The summed E-state index contributed by atoms with van der Waals surface area (Å²) in [6, 6.07) is 0.101. The number of hydrogen-bond acceptors (Lipinski definition) is 3. The molecule has 2 aliphatic rings. The highest BCUT2D eigenvalue weighted by Crippen LogP contribution is 2.19. The smallest absolute Gasteiger partial charge is 0.317 e. The second kappa shape index (κ2) is 7.83. The van der Waals surface area contributed by atoms with E-state index in [4.69, 9.17) is 0 Å². The lowest BCUT2D eigenvalue weighted by Crippen LogP contribution is -2.51. The molecule has 2 saturated heterocycles. The second-order valence-electron chi connectivity index (χ2n) is 7.26. The third-order valence-electron chi connectivity index (χ3n) is 4.93. The average molecular weight is 346 g/mol. The monoisotopic (exact) mass is 345 g/mol. The molecule has 2 fully saturated rings. The molecule has 134 valence electrons. The van der Waals surface area contributed by atoms with Crippen LogP contribution in [-0.2, 0) is 10.0 Å². The first-order valence-electron chi connectivity index (χ1n) is 8.85. The highest BCUT2D eigenvalue weighted by atomic mass is 32.2. The zero-order valence-corrected chi connectivity index (χ0v) is 15.4. The van der Waals surface area contributed by atoms with Crippen molar-refractivity contribution >= 4 is 16.1 Å². The summed E-state index contributed by atoms with van der Waals surface area (Å²) in [7, 11) is -3.17. The normalized spacial score (nSPS) is 25.4. The van der Waals surface area contributed by atoms with E-state index < -0.39 is 10.0 Å². The zero-order chi connectivity index (χ0) is 17.0. The van der Waals surface area contributed by atoms with Gasteiger partial charge in [0.25, 0.3) is 0 Å². The summed E-state index contributed by atoms with van der Waals surface area (Å²) in [5, 5.41) is 2.72. The Morgan fingerprint density at radius 3 is 2.35 bits per heavy atom. The van der Waals surface area contributed by atoms with Gasteiger partial charge in [-0.25, -0.2) is 17.5 Å². The molecule has 0 saturated carbocycles. The van der Waals surface area contributed by atoms with Crippen molar-refractivity contribution in [3.8, 4) is 0 Å². The Hall–Kier alpha value is -0.820. The fourth-order valence-corrected chi connectivity index (χ4v) is 4.67. The van der Waals surface area contributed by atoms with Crippen molar-refractivity contribution in [2.75, 3.05) is 26.2 Å². The van der Waals surface area contributed by atoms with Gasteiger partial charge in [-0.15, -0.1) is 0 Å². The zero-order valence-electron chi connectivity index (χ0n) is 14.6. The van der Waals surface area contributed by atoms with Crippen molar-refractivity contribution in [3.05, 3.63) is 0 Å². The van der Waals surface area contributed by atoms with Crippen LogP contribution in [0.4, 0.5) is 4.79 Å².